The van der Waals surface area contributed by atoms with Crippen LogP contribution in [0.3, 0.4) is 0 Å². The summed E-state index contributed by atoms with van der Waals surface area (Å²) in [6.45, 7) is 17.9. The monoisotopic (exact) mass is 824 g/mol. The molecule has 0 fully saturated rings. The zero-order chi connectivity index (χ0) is 37.9. The van der Waals surface area contributed by atoms with Crippen molar-refractivity contribution in [2.45, 2.75) is 119 Å². The molecule has 0 spiro atoms. The molecule has 0 saturated heterocycles. The van der Waals surface area contributed by atoms with E-state index in [0.29, 0.717) is 0 Å². The molecule has 274 valence electrons. The molecular formula is C48H60Cl2SiZr. The molecule has 0 bridgehead atoms. The zero-order valence-corrected chi connectivity index (χ0v) is 38.0. The maximum absolute atomic E-state index is 4.93. The summed E-state index contributed by atoms with van der Waals surface area (Å²) in [5, 5.41) is 5.68. The number of rotatable bonds is 12. The first-order valence-corrected chi connectivity index (χ1v) is 27.9. The van der Waals surface area contributed by atoms with Crippen LogP contribution in [0.5, 0.6) is 0 Å². The summed E-state index contributed by atoms with van der Waals surface area (Å²) >= 11 is -0.826. The van der Waals surface area contributed by atoms with Gasteiger partial charge in [0.05, 0.1) is 0 Å². The topological polar surface area (TPSA) is 0 Å². The second kappa shape index (κ2) is 24.2. The number of hydrogen-bond acceptors (Lipinski definition) is 0. The van der Waals surface area contributed by atoms with Crippen molar-refractivity contribution in [3.05, 3.63) is 130 Å². The van der Waals surface area contributed by atoms with Crippen molar-refractivity contribution in [2.75, 3.05) is 0 Å². The molecule has 4 heteroatoms. The van der Waals surface area contributed by atoms with E-state index in [4.69, 9.17) is 17.0 Å². The minimum atomic E-state index is -0.826. The molecule has 0 nitrogen and oxygen atoms in total. The van der Waals surface area contributed by atoms with Crippen LogP contribution >= 0.6 is 17.0 Å². The van der Waals surface area contributed by atoms with Crippen molar-refractivity contribution in [1.29, 1.82) is 0 Å². The molecule has 0 N–H and O–H groups in total. The molecule has 0 heterocycles. The van der Waals surface area contributed by atoms with Gasteiger partial charge in [0.15, 0.2) is 0 Å². The van der Waals surface area contributed by atoms with Gasteiger partial charge in [-0.05, 0) is 60.8 Å². The third-order valence-corrected chi connectivity index (χ3v) is 9.52. The van der Waals surface area contributed by atoms with Gasteiger partial charge in [0, 0.05) is 9.52 Å². The Hall–Kier alpha value is -2.22. The molecule has 6 aromatic rings. The van der Waals surface area contributed by atoms with Gasteiger partial charge in [-0.1, -0.05) is 151 Å². The normalized spacial score (nSPS) is 10.5. The molecule has 0 amide bonds. The molecule has 6 aromatic carbocycles. The first-order chi connectivity index (χ1) is 25.4. The minimum absolute atomic E-state index is 0.826. The fraction of sp³-hybridized carbons (Fsp3) is 0.375. The number of hydrogen-bond donors (Lipinski definition) is 0. The summed E-state index contributed by atoms with van der Waals surface area (Å²) in [4.78, 5) is 0. The molecule has 0 aliphatic carbocycles. The number of fused-ring (bicyclic) bond motifs is 2. The van der Waals surface area contributed by atoms with Gasteiger partial charge in [0.2, 0.25) is 0 Å². The van der Waals surface area contributed by atoms with Crippen molar-refractivity contribution >= 4 is 48.1 Å². The second-order valence-corrected chi connectivity index (χ2v) is 18.3. The van der Waals surface area contributed by atoms with E-state index in [1.54, 1.807) is 0 Å². The maximum atomic E-state index is 4.93. The van der Waals surface area contributed by atoms with E-state index in [9.17, 15) is 0 Å². The standard InChI is InChI=1S/2C23H27.C2H6Si.2ClH.Zr/c2*1-4-9-17-15-20-14-13-19(10-5-2)23(22(20)16-17)21-12-8-7-11-18(21)6-3;1-3-2;;;/h2*7-8,11-16H,4-6,9-10H2,1-3H3;1-2H3;2*1H;/q2*-1;;;;+4/p-2. The summed E-state index contributed by atoms with van der Waals surface area (Å²) in [5.41, 5.74) is 14.7. The van der Waals surface area contributed by atoms with Crippen molar-refractivity contribution in [1.82, 2.24) is 0 Å². The Morgan fingerprint density at radius 3 is 1.17 bits per heavy atom. The van der Waals surface area contributed by atoms with Crippen LogP contribution < -0.4 is 0 Å². The molecule has 2 radical (unpaired) electrons. The van der Waals surface area contributed by atoms with Crippen molar-refractivity contribution < 1.29 is 20.8 Å². The number of benzene rings is 4. The SMILES string of the molecule is CCCc1cc2c(-c3ccccc3CC)c(CCC)ccc2[cH-]1.CCCc1cc2c(-c3ccccc3CC)c(CCC)ccc2[cH-]1.C[Si]C.[Cl][Zr+2][Cl]. The summed E-state index contributed by atoms with van der Waals surface area (Å²) < 4.78 is 0. The fourth-order valence-corrected chi connectivity index (χ4v) is 7.38. The third-order valence-electron chi connectivity index (χ3n) is 9.52. The van der Waals surface area contributed by atoms with Gasteiger partial charge >= 0.3 is 37.9 Å². The van der Waals surface area contributed by atoms with E-state index >= 15 is 0 Å². The Morgan fingerprint density at radius 1 is 0.500 bits per heavy atom. The van der Waals surface area contributed by atoms with Crippen LogP contribution in [0.15, 0.2) is 97.1 Å². The van der Waals surface area contributed by atoms with Crippen molar-refractivity contribution in [3.8, 4) is 22.3 Å². The molecule has 0 atom stereocenters. The Balaban J connectivity index is 0.000000244. The fourth-order valence-electron chi connectivity index (χ4n) is 7.38. The Kier molecular flexibility index (Phi) is 20.6. The van der Waals surface area contributed by atoms with Crippen LogP contribution in [0.25, 0.3) is 43.8 Å². The van der Waals surface area contributed by atoms with Gasteiger partial charge in [0.1, 0.15) is 0 Å². The van der Waals surface area contributed by atoms with E-state index in [1.165, 1.54) is 116 Å². The summed E-state index contributed by atoms with van der Waals surface area (Å²) in [6, 6.07) is 36.8. The van der Waals surface area contributed by atoms with Crippen LogP contribution in [-0.4, -0.2) is 9.52 Å². The molecule has 0 aliphatic rings. The van der Waals surface area contributed by atoms with Crippen LogP contribution in [0.4, 0.5) is 0 Å². The van der Waals surface area contributed by atoms with E-state index in [0.717, 1.165) is 35.2 Å². The second-order valence-electron chi connectivity index (χ2n) is 13.5. The molecule has 0 aliphatic heterocycles. The van der Waals surface area contributed by atoms with Crippen LogP contribution in [0.2, 0.25) is 13.1 Å². The van der Waals surface area contributed by atoms with Crippen molar-refractivity contribution in [2.24, 2.45) is 0 Å². The first-order valence-electron chi connectivity index (χ1n) is 19.5. The van der Waals surface area contributed by atoms with Gasteiger partial charge in [-0.15, -0.1) is 69.1 Å². The predicted octanol–water partition coefficient (Wildman–Crippen LogP) is 15.5. The number of aryl methyl sites for hydroxylation is 6. The molecule has 0 unspecified atom stereocenters. The van der Waals surface area contributed by atoms with Gasteiger partial charge in [-0.25, -0.2) is 0 Å². The van der Waals surface area contributed by atoms with Gasteiger partial charge in [-0.2, -0.15) is 12.1 Å². The van der Waals surface area contributed by atoms with E-state index in [2.05, 4.69) is 152 Å². The summed E-state index contributed by atoms with van der Waals surface area (Å²) in [6.07, 6.45) is 11.6. The van der Waals surface area contributed by atoms with Crippen LogP contribution in [0.1, 0.15) is 101 Å². The predicted molar refractivity (Wildman–Crippen MR) is 234 cm³/mol. The summed E-state index contributed by atoms with van der Waals surface area (Å²) in [5.74, 6) is 0. The van der Waals surface area contributed by atoms with Gasteiger partial charge in [0.25, 0.3) is 0 Å². The Labute approximate surface area is 338 Å². The summed E-state index contributed by atoms with van der Waals surface area (Å²) in [7, 11) is 11.0. The Morgan fingerprint density at radius 2 is 0.846 bits per heavy atom. The molecular weight excluding hydrogens is 767 g/mol. The van der Waals surface area contributed by atoms with E-state index in [1.807, 2.05) is 0 Å². The van der Waals surface area contributed by atoms with Gasteiger partial charge < -0.3 is 0 Å². The van der Waals surface area contributed by atoms with E-state index < -0.39 is 20.8 Å². The molecule has 0 saturated carbocycles. The Bertz CT molecular complexity index is 1770. The molecule has 52 heavy (non-hydrogen) atoms. The zero-order valence-electron chi connectivity index (χ0n) is 33.1. The number of halogens is 2. The first kappa shape index (κ1) is 44.2. The average molecular weight is 827 g/mol. The molecule has 6 rings (SSSR count). The van der Waals surface area contributed by atoms with Gasteiger partial charge in [-0.3, -0.25) is 0 Å². The van der Waals surface area contributed by atoms with Crippen LogP contribution in [0, 0.1) is 0 Å². The van der Waals surface area contributed by atoms with Crippen molar-refractivity contribution in [3.63, 3.8) is 0 Å². The average Bonchev–Trinajstić information content (AvgIpc) is 3.76. The molecule has 0 aromatic heterocycles. The third kappa shape index (κ3) is 11.9. The van der Waals surface area contributed by atoms with E-state index in [-0.39, 0.29) is 0 Å². The quantitative estimate of drug-likeness (QED) is 0.0852. The van der Waals surface area contributed by atoms with Crippen LogP contribution in [-0.2, 0) is 59.4 Å².